The number of nitrogens with zero attached hydrogens (tertiary/aromatic N) is 1. The van der Waals surface area contributed by atoms with E-state index in [0.717, 1.165) is 34.8 Å². The van der Waals surface area contributed by atoms with Crippen molar-refractivity contribution in [2.75, 3.05) is 21.3 Å². The summed E-state index contributed by atoms with van der Waals surface area (Å²) < 4.78 is 10.9. The Balaban J connectivity index is 1.42. The van der Waals surface area contributed by atoms with Crippen LogP contribution < -0.4 is 14.8 Å². The zero-order valence-corrected chi connectivity index (χ0v) is 17.7. The fourth-order valence-electron chi connectivity index (χ4n) is 6.31. The Hall–Kier alpha value is -1.75. The first-order chi connectivity index (χ1) is 13.4. The number of hydrogen-bond donors (Lipinski definition) is 1. The molecule has 0 aromatic heterocycles. The van der Waals surface area contributed by atoms with Crippen LogP contribution in [-0.2, 0) is 11.3 Å². The highest BCUT2D eigenvalue weighted by molar-refractivity contribution is 5.82. The predicted octanol–water partition coefficient (Wildman–Crippen LogP) is 3.61. The highest BCUT2D eigenvalue weighted by Crippen LogP contribution is 2.55. The number of hydrogen-bond acceptors (Lipinski definition) is 4. The third-order valence-corrected chi connectivity index (χ3v) is 7.37. The molecule has 5 nitrogen and oxygen atoms in total. The maximum Gasteiger partial charge on any atom is 0.237 e. The number of ether oxygens (including phenoxy) is 2. The minimum Gasteiger partial charge on any atom is -0.493 e. The van der Waals surface area contributed by atoms with Gasteiger partial charge in [0.2, 0.25) is 5.91 Å². The van der Waals surface area contributed by atoms with Gasteiger partial charge in [-0.15, -0.1) is 0 Å². The molecule has 0 radical (unpaired) electrons. The lowest BCUT2D eigenvalue weighted by Crippen LogP contribution is -2.62. The van der Waals surface area contributed by atoms with Gasteiger partial charge in [0.1, 0.15) is 0 Å². The summed E-state index contributed by atoms with van der Waals surface area (Å²) in [5.74, 6) is 4.12. The van der Waals surface area contributed by atoms with Crippen molar-refractivity contribution in [1.82, 2.24) is 10.2 Å². The monoisotopic (exact) mass is 386 g/mol. The minimum absolute atomic E-state index is 0.0641. The van der Waals surface area contributed by atoms with E-state index in [-0.39, 0.29) is 17.5 Å². The van der Waals surface area contributed by atoms with E-state index >= 15 is 0 Å². The summed E-state index contributed by atoms with van der Waals surface area (Å²) in [7, 11) is 5.31. The van der Waals surface area contributed by atoms with Crippen LogP contribution in [0.3, 0.4) is 0 Å². The standard InChI is InChI=1S/C23H34N2O3/c1-15(25(2)14-19-6-5-7-20(27-3)21(19)28-4)22(26)24-23-11-16-8-17(12-23)10-18(9-16)13-23/h5-7,15-18H,8-14H2,1-4H3,(H,24,26)/t15-,16?,17?,18?,23?/m0/s1. The maximum atomic E-state index is 13.1. The van der Waals surface area contributed by atoms with Gasteiger partial charge in [-0.1, -0.05) is 12.1 Å². The molecule has 5 rings (SSSR count). The molecule has 154 valence electrons. The Labute approximate surface area is 168 Å². The van der Waals surface area contributed by atoms with Crippen LogP contribution in [0.15, 0.2) is 18.2 Å². The zero-order valence-electron chi connectivity index (χ0n) is 17.7. The van der Waals surface area contributed by atoms with Crippen molar-refractivity contribution < 1.29 is 14.3 Å². The van der Waals surface area contributed by atoms with E-state index in [2.05, 4.69) is 10.2 Å². The predicted molar refractivity (Wildman–Crippen MR) is 110 cm³/mol. The molecule has 4 aliphatic rings. The largest absolute Gasteiger partial charge is 0.493 e. The number of nitrogens with one attached hydrogen (secondary N) is 1. The number of carbonyl (C=O) groups excluding carboxylic acids is 1. The average molecular weight is 387 g/mol. The molecule has 4 saturated carbocycles. The molecule has 4 bridgehead atoms. The summed E-state index contributed by atoms with van der Waals surface area (Å²) >= 11 is 0. The van der Waals surface area contributed by atoms with Gasteiger partial charge in [-0.25, -0.2) is 0 Å². The van der Waals surface area contributed by atoms with Crippen LogP contribution in [0.1, 0.15) is 51.0 Å². The number of amides is 1. The quantitative estimate of drug-likeness (QED) is 0.778. The van der Waals surface area contributed by atoms with Crippen LogP contribution >= 0.6 is 0 Å². The van der Waals surface area contributed by atoms with Crippen LogP contribution in [-0.4, -0.2) is 43.7 Å². The van der Waals surface area contributed by atoms with Gasteiger partial charge in [-0.3, -0.25) is 9.69 Å². The Morgan fingerprint density at radius 1 is 1.14 bits per heavy atom. The molecular formula is C23H34N2O3. The highest BCUT2D eigenvalue weighted by Gasteiger charge is 2.51. The smallest absolute Gasteiger partial charge is 0.237 e. The van der Waals surface area contributed by atoms with Gasteiger partial charge < -0.3 is 14.8 Å². The fourth-order valence-corrected chi connectivity index (χ4v) is 6.31. The van der Waals surface area contributed by atoms with Crippen LogP contribution in [0.4, 0.5) is 0 Å². The number of likely N-dealkylation sites (N-methyl/N-ethyl adjacent to an activating group) is 1. The second kappa shape index (κ2) is 7.58. The van der Waals surface area contributed by atoms with Crippen LogP contribution in [0, 0.1) is 17.8 Å². The maximum absolute atomic E-state index is 13.1. The summed E-state index contributed by atoms with van der Waals surface area (Å²) in [6.07, 6.45) is 7.72. The van der Waals surface area contributed by atoms with Gasteiger partial charge in [0.25, 0.3) is 0 Å². The average Bonchev–Trinajstić information content (AvgIpc) is 2.65. The highest BCUT2D eigenvalue weighted by atomic mass is 16.5. The molecule has 0 aliphatic heterocycles. The number of carbonyl (C=O) groups is 1. The normalized spacial score (nSPS) is 31.7. The van der Waals surface area contributed by atoms with E-state index in [9.17, 15) is 4.79 Å². The Morgan fingerprint density at radius 3 is 2.29 bits per heavy atom. The lowest BCUT2D eigenvalue weighted by atomic mass is 9.53. The van der Waals surface area contributed by atoms with Crippen LogP contribution in [0.5, 0.6) is 11.5 Å². The third-order valence-electron chi connectivity index (χ3n) is 7.37. The van der Waals surface area contributed by atoms with Crippen molar-refractivity contribution in [3.8, 4) is 11.5 Å². The first-order valence-corrected chi connectivity index (χ1v) is 10.6. The van der Waals surface area contributed by atoms with Crippen molar-refractivity contribution in [3.63, 3.8) is 0 Å². The third kappa shape index (κ3) is 3.61. The van der Waals surface area contributed by atoms with Crippen molar-refractivity contribution in [1.29, 1.82) is 0 Å². The molecule has 0 saturated heterocycles. The van der Waals surface area contributed by atoms with Crippen LogP contribution in [0.2, 0.25) is 0 Å². The molecule has 4 aliphatic carbocycles. The van der Waals surface area contributed by atoms with Gasteiger partial charge >= 0.3 is 0 Å². The van der Waals surface area contributed by atoms with Crippen molar-refractivity contribution in [2.45, 2.75) is 63.6 Å². The van der Waals surface area contributed by atoms with Crippen molar-refractivity contribution in [2.24, 2.45) is 17.8 Å². The minimum atomic E-state index is -0.191. The van der Waals surface area contributed by atoms with Gasteiger partial charge in [0.15, 0.2) is 11.5 Å². The van der Waals surface area contributed by atoms with Crippen molar-refractivity contribution >= 4 is 5.91 Å². The summed E-state index contributed by atoms with van der Waals surface area (Å²) in [6.45, 7) is 2.64. The topological polar surface area (TPSA) is 50.8 Å². The fraction of sp³-hybridized carbons (Fsp3) is 0.696. The molecule has 1 aromatic carbocycles. The number of rotatable bonds is 7. The first-order valence-electron chi connectivity index (χ1n) is 10.6. The van der Waals surface area contributed by atoms with E-state index in [1.807, 2.05) is 32.2 Å². The Bertz CT molecular complexity index is 697. The first kappa shape index (κ1) is 19.6. The lowest BCUT2D eigenvalue weighted by molar-refractivity contribution is -0.131. The number of para-hydroxylation sites is 1. The second-order valence-electron chi connectivity index (χ2n) is 9.43. The van der Waals surface area contributed by atoms with Gasteiger partial charge in [0.05, 0.1) is 20.3 Å². The van der Waals surface area contributed by atoms with E-state index in [4.69, 9.17) is 9.47 Å². The molecule has 28 heavy (non-hydrogen) atoms. The molecule has 0 heterocycles. The SMILES string of the molecule is COc1cccc(CN(C)[C@@H](C)C(=O)NC23CC4CC(CC(C4)C2)C3)c1OC. The van der Waals surface area contributed by atoms with Crippen molar-refractivity contribution in [3.05, 3.63) is 23.8 Å². The summed E-state index contributed by atoms with van der Waals surface area (Å²) in [4.78, 5) is 15.2. The summed E-state index contributed by atoms with van der Waals surface area (Å²) in [5, 5.41) is 3.51. The molecule has 5 heteroatoms. The molecule has 1 atom stereocenters. The van der Waals surface area contributed by atoms with Gasteiger partial charge in [-0.2, -0.15) is 0 Å². The zero-order chi connectivity index (χ0) is 19.9. The Kier molecular flexibility index (Phi) is 5.30. The Morgan fingerprint density at radius 2 is 1.75 bits per heavy atom. The number of benzene rings is 1. The lowest BCUT2D eigenvalue weighted by Gasteiger charge is -2.57. The summed E-state index contributed by atoms with van der Waals surface area (Å²) in [6, 6.07) is 5.70. The van der Waals surface area contributed by atoms with E-state index < -0.39 is 0 Å². The van der Waals surface area contributed by atoms with Crippen LogP contribution in [0.25, 0.3) is 0 Å². The van der Waals surface area contributed by atoms with Gasteiger partial charge in [-0.05, 0) is 76.3 Å². The molecular weight excluding hydrogens is 352 g/mol. The van der Waals surface area contributed by atoms with E-state index in [1.54, 1.807) is 14.2 Å². The van der Waals surface area contributed by atoms with E-state index in [1.165, 1.54) is 38.5 Å². The summed E-state index contributed by atoms with van der Waals surface area (Å²) in [5.41, 5.74) is 1.09. The molecule has 0 spiro atoms. The number of methoxy groups -OCH3 is 2. The van der Waals surface area contributed by atoms with E-state index in [0.29, 0.717) is 6.54 Å². The second-order valence-corrected chi connectivity index (χ2v) is 9.43. The molecule has 1 N–H and O–H groups in total. The molecule has 1 amide bonds. The molecule has 1 aromatic rings. The molecule has 4 fully saturated rings. The molecule has 0 unspecified atom stereocenters. The van der Waals surface area contributed by atoms with Gasteiger partial charge in [0, 0.05) is 17.6 Å².